The number of amides is 1. The molecule has 2 aromatic heterocycles. The molecule has 0 fully saturated rings. The van der Waals surface area contributed by atoms with Crippen LogP contribution in [-0.4, -0.2) is 26.4 Å². The number of nitrogens with zero attached hydrogens (tertiary/aromatic N) is 3. The summed E-state index contributed by atoms with van der Waals surface area (Å²) in [7, 11) is 0. The van der Waals surface area contributed by atoms with Gasteiger partial charge in [-0.3, -0.25) is 9.36 Å². The van der Waals surface area contributed by atoms with E-state index in [1.54, 1.807) is 24.5 Å². The van der Waals surface area contributed by atoms with Crippen molar-refractivity contribution in [2.75, 3.05) is 11.1 Å². The van der Waals surface area contributed by atoms with Gasteiger partial charge in [0.15, 0.2) is 16.7 Å². The lowest BCUT2D eigenvalue weighted by molar-refractivity contribution is -0.113. The van der Waals surface area contributed by atoms with E-state index in [9.17, 15) is 9.18 Å². The van der Waals surface area contributed by atoms with Crippen molar-refractivity contribution >= 4 is 23.4 Å². The molecule has 0 aliphatic heterocycles. The number of hydrogen-bond donors (Lipinski definition) is 1. The molecule has 3 aromatic rings. The molecule has 0 saturated carbocycles. The number of carbonyl (C=O) groups is 1. The third kappa shape index (κ3) is 4.08. The topological polar surface area (TPSA) is 73.0 Å². The lowest BCUT2D eigenvalue weighted by Crippen LogP contribution is -2.15. The molecule has 1 amide bonds. The minimum absolute atomic E-state index is 0.105. The molecule has 6 nitrogen and oxygen atoms in total. The van der Waals surface area contributed by atoms with E-state index in [0.29, 0.717) is 23.3 Å². The van der Waals surface area contributed by atoms with Gasteiger partial charge < -0.3 is 9.73 Å². The number of aromatic nitrogens is 3. The van der Waals surface area contributed by atoms with Crippen molar-refractivity contribution in [2.24, 2.45) is 0 Å². The molecule has 1 aromatic carbocycles. The number of rotatable bonds is 7. The van der Waals surface area contributed by atoms with Crippen molar-refractivity contribution in [2.45, 2.75) is 25.0 Å². The first kappa shape index (κ1) is 17.2. The van der Waals surface area contributed by atoms with Crippen LogP contribution in [0.3, 0.4) is 0 Å². The number of halogens is 1. The predicted octanol–water partition coefficient (Wildman–Crippen LogP) is 3.82. The van der Waals surface area contributed by atoms with E-state index in [0.717, 1.165) is 6.42 Å². The van der Waals surface area contributed by atoms with Crippen LogP contribution in [0.4, 0.5) is 10.1 Å². The summed E-state index contributed by atoms with van der Waals surface area (Å²) in [6.07, 6.45) is 2.47. The zero-order valence-corrected chi connectivity index (χ0v) is 14.4. The molecule has 8 heteroatoms. The molecule has 0 aliphatic rings. The molecule has 0 radical (unpaired) electrons. The van der Waals surface area contributed by atoms with E-state index in [4.69, 9.17) is 4.42 Å². The van der Waals surface area contributed by atoms with Crippen LogP contribution in [0.15, 0.2) is 52.2 Å². The summed E-state index contributed by atoms with van der Waals surface area (Å²) in [5.41, 5.74) is 0.166. The number of nitrogens with one attached hydrogen (secondary N) is 1. The summed E-state index contributed by atoms with van der Waals surface area (Å²) in [6, 6.07) is 9.66. The van der Waals surface area contributed by atoms with Gasteiger partial charge in [-0.05, 0) is 30.7 Å². The first-order chi connectivity index (χ1) is 12.2. The van der Waals surface area contributed by atoms with Crippen molar-refractivity contribution in [1.29, 1.82) is 0 Å². The van der Waals surface area contributed by atoms with Crippen LogP contribution in [0.5, 0.6) is 0 Å². The Balaban J connectivity index is 1.68. The first-order valence-corrected chi connectivity index (χ1v) is 8.82. The highest BCUT2D eigenvalue weighted by Crippen LogP contribution is 2.25. The molecule has 0 saturated heterocycles. The van der Waals surface area contributed by atoms with Crippen LogP contribution in [-0.2, 0) is 11.3 Å². The summed E-state index contributed by atoms with van der Waals surface area (Å²) in [4.78, 5) is 12.1. The molecular weight excluding hydrogens is 343 g/mol. The largest absolute Gasteiger partial charge is 0.461 e. The Morgan fingerprint density at radius 2 is 2.12 bits per heavy atom. The Bertz CT molecular complexity index is 848. The number of carbonyl (C=O) groups excluding carboxylic acids is 1. The van der Waals surface area contributed by atoms with Crippen molar-refractivity contribution in [1.82, 2.24) is 14.8 Å². The van der Waals surface area contributed by atoms with Crippen molar-refractivity contribution in [3.8, 4) is 11.6 Å². The summed E-state index contributed by atoms with van der Waals surface area (Å²) in [5.74, 6) is 0.595. The highest BCUT2D eigenvalue weighted by atomic mass is 32.2. The highest BCUT2D eigenvalue weighted by Gasteiger charge is 2.17. The Morgan fingerprint density at radius 1 is 1.28 bits per heavy atom. The van der Waals surface area contributed by atoms with Gasteiger partial charge in [0.1, 0.15) is 5.82 Å². The molecule has 0 bridgehead atoms. The molecular formula is C17H17FN4O2S. The number of furan rings is 1. The fourth-order valence-corrected chi connectivity index (χ4v) is 3.05. The molecule has 3 rings (SSSR count). The van der Waals surface area contributed by atoms with Gasteiger partial charge in [-0.1, -0.05) is 30.8 Å². The second-order valence-electron chi connectivity index (χ2n) is 5.25. The lowest BCUT2D eigenvalue weighted by atomic mass is 10.3. The van der Waals surface area contributed by atoms with Crippen molar-refractivity contribution in [3.05, 3.63) is 48.5 Å². The number of anilines is 1. The van der Waals surface area contributed by atoms with E-state index in [-0.39, 0.29) is 17.3 Å². The van der Waals surface area contributed by atoms with Gasteiger partial charge in [-0.15, -0.1) is 10.2 Å². The molecule has 130 valence electrons. The van der Waals surface area contributed by atoms with Crippen LogP contribution >= 0.6 is 11.8 Å². The maximum atomic E-state index is 13.6. The van der Waals surface area contributed by atoms with Gasteiger partial charge >= 0.3 is 0 Å². The van der Waals surface area contributed by atoms with E-state index < -0.39 is 5.82 Å². The van der Waals surface area contributed by atoms with E-state index in [1.807, 2.05) is 17.6 Å². The number of hydrogen-bond acceptors (Lipinski definition) is 5. The second kappa shape index (κ2) is 7.98. The van der Waals surface area contributed by atoms with Gasteiger partial charge in [0, 0.05) is 6.54 Å². The Morgan fingerprint density at radius 3 is 2.84 bits per heavy atom. The van der Waals surface area contributed by atoms with Gasteiger partial charge in [-0.25, -0.2) is 4.39 Å². The van der Waals surface area contributed by atoms with Crippen LogP contribution in [0.25, 0.3) is 11.6 Å². The van der Waals surface area contributed by atoms with Crippen LogP contribution in [0.2, 0.25) is 0 Å². The standard InChI is InChI=1S/C17H17FN4O2S/c1-2-9-22-16(14-8-5-10-24-14)20-21-17(22)25-11-15(23)19-13-7-4-3-6-12(13)18/h3-8,10H,2,9,11H2,1H3,(H,19,23). The molecule has 0 atom stereocenters. The average molecular weight is 360 g/mol. The van der Waals surface area contributed by atoms with Crippen molar-refractivity contribution < 1.29 is 13.6 Å². The molecule has 0 aliphatic carbocycles. The summed E-state index contributed by atoms with van der Waals surface area (Å²) in [5, 5.41) is 11.5. The summed E-state index contributed by atoms with van der Waals surface area (Å²) >= 11 is 1.25. The lowest BCUT2D eigenvalue weighted by Gasteiger charge is -2.08. The summed E-state index contributed by atoms with van der Waals surface area (Å²) < 4.78 is 20.9. The number of thioether (sulfide) groups is 1. The molecule has 0 unspecified atom stereocenters. The monoisotopic (exact) mass is 360 g/mol. The van der Waals surface area contributed by atoms with E-state index >= 15 is 0 Å². The first-order valence-electron chi connectivity index (χ1n) is 7.83. The Kier molecular flexibility index (Phi) is 5.49. The van der Waals surface area contributed by atoms with E-state index in [1.165, 1.54) is 23.9 Å². The van der Waals surface area contributed by atoms with Crippen LogP contribution in [0, 0.1) is 5.82 Å². The van der Waals surface area contributed by atoms with Crippen LogP contribution < -0.4 is 5.32 Å². The zero-order valence-electron chi connectivity index (χ0n) is 13.6. The van der Waals surface area contributed by atoms with Gasteiger partial charge in [0.05, 0.1) is 17.7 Å². The second-order valence-corrected chi connectivity index (χ2v) is 6.19. The van der Waals surface area contributed by atoms with E-state index in [2.05, 4.69) is 15.5 Å². The molecule has 25 heavy (non-hydrogen) atoms. The molecule has 1 N–H and O–H groups in total. The quantitative estimate of drug-likeness (QED) is 0.649. The fourth-order valence-electron chi connectivity index (χ4n) is 2.29. The van der Waals surface area contributed by atoms with Gasteiger partial charge in [0.25, 0.3) is 0 Å². The molecule has 2 heterocycles. The minimum Gasteiger partial charge on any atom is -0.461 e. The Labute approximate surface area is 148 Å². The molecule has 0 spiro atoms. The fraction of sp³-hybridized carbons (Fsp3) is 0.235. The maximum absolute atomic E-state index is 13.6. The normalized spacial score (nSPS) is 10.8. The average Bonchev–Trinajstić information content (AvgIpc) is 3.25. The SMILES string of the molecule is CCCn1c(SCC(=O)Nc2ccccc2F)nnc1-c1ccco1. The van der Waals surface area contributed by atoms with Crippen LogP contribution in [0.1, 0.15) is 13.3 Å². The van der Waals surface area contributed by atoms with Crippen molar-refractivity contribution in [3.63, 3.8) is 0 Å². The zero-order chi connectivity index (χ0) is 17.6. The Hall–Kier alpha value is -2.61. The number of para-hydroxylation sites is 1. The third-order valence-electron chi connectivity index (χ3n) is 3.39. The van der Waals surface area contributed by atoms with Gasteiger partial charge in [-0.2, -0.15) is 0 Å². The van der Waals surface area contributed by atoms with Gasteiger partial charge in [0.2, 0.25) is 5.91 Å². The third-order valence-corrected chi connectivity index (χ3v) is 4.35. The minimum atomic E-state index is -0.463. The predicted molar refractivity (Wildman–Crippen MR) is 93.8 cm³/mol. The smallest absolute Gasteiger partial charge is 0.234 e. The highest BCUT2D eigenvalue weighted by molar-refractivity contribution is 7.99. The maximum Gasteiger partial charge on any atom is 0.234 e. The number of benzene rings is 1. The summed E-state index contributed by atoms with van der Waals surface area (Å²) in [6.45, 7) is 2.76.